The topological polar surface area (TPSA) is 61.4 Å². The van der Waals surface area contributed by atoms with Gasteiger partial charge in [-0.1, -0.05) is 6.92 Å². The van der Waals surface area contributed by atoms with Crippen LogP contribution in [0.2, 0.25) is 0 Å². The van der Waals surface area contributed by atoms with Crippen molar-refractivity contribution in [2.75, 3.05) is 19.6 Å². The summed E-state index contributed by atoms with van der Waals surface area (Å²) in [6, 6.07) is -0.171. The van der Waals surface area contributed by atoms with Crippen LogP contribution in [0.1, 0.15) is 45.4 Å². The highest BCUT2D eigenvalue weighted by atomic mass is 16.2. The molecule has 5 heteroatoms. The normalized spacial score (nSPS) is 38.4. The number of rotatable bonds is 2. The Labute approximate surface area is 120 Å². The second-order valence-electron chi connectivity index (χ2n) is 6.82. The maximum absolute atomic E-state index is 12.7. The molecule has 1 atom stereocenters. The lowest BCUT2D eigenvalue weighted by molar-refractivity contribution is -0.133. The zero-order valence-electron chi connectivity index (χ0n) is 12.3. The predicted octanol–water partition coefficient (Wildman–Crippen LogP) is 1.49. The molecule has 20 heavy (non-hydrogen) atoms. The first-order valence-electron chi connectivity index (χ1n) is 7.95. The van der Waals surface area contributed by atoms with Gasteiger partial charge in [0, 0.05) is 6.54 Å². The van der Waals surface area contributed by atoms with E-state index in [1.54, 1.807) is 0 Å². The number of urea groups is 1. The molecule has 112 valence electrons. The van der Waals surface area contributed by atoms with Gasteiger partial charge in [-0.05, 0) is 63.5 Å². The standard InChI is InChI=1S/C15H25N3O2/c1-11-4-6-15(7-5-11)13(19)18(14(20)17-15)10-12-3-2-8-16-9-12/h11-12,16H,2-10H2,1H3,(H,17,20). The van der Waals surface area contributed by atoms with Crippen LogP contribution in [0.4, 0.5) is 4.79 Å². The zero-order valence-corrected chi connectivity index (χ0v) is 12.3. The van der Waals surface area contributed by atoms with E-state index < -0.39 is 5.54 Å². The van der Waals surface area contributed by atoms with Gasteiger partial charge in [0.05, 0.1) is 0 Å². The SMILES string of the molecule is CC1CCC2(CC1)NC(=O)N(CC1CCCNC1)C2=O. The Morgan fingerprint density at radius 3 is 2.65 bits per heavy atom. The number of imide groups is 1. The smallest absolute Gasteiger partial charge is 0.323 e. The Hall–Kier alpha value is -1.10. The predicted molar refractivity (Wildman–Crippen MR) is 76.2 cm³/mol. The van der Waals surface area contributed by atoms with Crippen LogP contribution in [-0.2, 0) is 4.79 Å². The summed E-state index contributed by atoms with van der Waals surface area (Å²) >= 11 is 0. The summed E-state index contributed by atoms with van der Waals surface area (Å²) in [6.07, 6.45) is 5.91. The van der Waals surface area contributed by atoms with E-state index in [0.29, 0.717) is 18.4 Å². The van der Waals surface area contributed by atoms with Crippen LogP contribution in [-0.4, -0.2) is 42.0 Å². The van der Waals surface area contributed by atoms with Gasteiger partial charge in [0.1, 0.15) is 5.54 Å². The number of carbonyl (C=O) groups excluding carboxylic acids is 2. The van der Waals surface area contributed by atoms with E-state index in [0.717, 1.165) is 51.6 Å². The second kappa shape index (κ2) is 5.35. The number of hydrogen-bond donors (Lipinski definition) is 2. The number of piperidine rings is 1. The fraction of sp³-hybridized carbons (Fsp3) is 0.867. The van der Waals surface area contributed by atoms with Crippen LogP contribution in [0.3, 0.4) is 0 Å². The molecule has 2 aliphatic heterocycles. The van der Waals surface area contributed by atoms with E-state index in [2.05, 4.69) is 17.6 Å². The molecule has 1 spiro atoms. The first-order valence-corrected chi connectivity index (χ1v) is 7.95. The summed E-state index contributed by atoms with van der Waals surface area (Å²) in [7, 11) is 0. The summed E-state index contributed by atoms with van der Waals surface area (Å²) in [5, 5.41) is 6.34. The highest BCUT2D eigenvalue weighted by Gasteiger charge is 2.52. The average Bonchev–Trinajstić information content (AvgIpc) is 2.68. The monoisotopic (exact) mass is 279 g/mol. The molecular weight excluding hydrogens is 254 g/mol. The first kappa shape index (κ1) is 13.9. The van der Waals surface area contributed by atoms with E-state index in [4.69, 9.17) is 0 Å². The van der Waals surface area contributed by atoms with Crippen LogP contribution in [0.15, 0.2) is 0 Å². The molecule has 2 N–H and O–H groups in total. The van der Waals surface area contributed by atoms with Crippen molar-refractivity contribution in [1.82, 2.24) is 15.5 Å². The van der Waals surface area contributed by atoms with Crippen LogP contribution < -0.4 is 10.6 Å². The van der Waals surface area contributed by atoms with Gasteiger partial charge in [-0.2, -0.15) is 0 Å². The third kappa shape index (κ3) is 2.43. The number of carbonyl (C=O) groups is 2. The fourth-order valence-corrected chi connectivity index (χ4v) is 3.77. The van der Waals surface area contributed by atoms with Crippen molar-refractivity contribution in [2.24, 2.45) is 11.8 Å². The van der Waals surface area contributed by atoms with Gasteiger partial charge < -0.3 is 10.6 Å². The Morgan fingerprint density at radius 2 is 2.00 bits per heavy atom. The van der Waals surface area contributed by atoms with Crippen molar-refractivity contribution < 1.29 is 9.59 Å². The summed E-state index contributed by atoms with van der Waals surface area (Å²) in [6.45, 7) is 4.77. The van der Waals surface area contributed by atoms with Crippen LogP contribution in [0, 0.1) is 11.8 Å². The summed E-state index contributed by atoms with van der Waals surface area (Å²) in [5.74, 6) is 1.11. The maximum Gasteiger partial charge on any atom is 0.325 e. The Balaban J connectivity index is 1.67. The molecule has 2 heterocycles. The number of amides is 3. The number of nitrogens with zero attached hydrogens (tertiary/aromatic N) is 1. The van der Waals surface area contributed by atoms with Crippen molar-refractivity contribution in [1.29, 1.82) is 0 Å². The molecule has 0 aromatic rings. The zero-order chi connectivity index (χ0) is 14.2. The molecule has 0 aromatic carbocycles. The minimum Gasteiger partial charge on any atom is -0.323 e. The van der Waals surface area contributed by atoms with Gasteiger partial charge >= 0.3 is 6.03 Å². The molecule has 2 saturated heterocycles. The third-order valence-electron chi connectivity index (χ3n) is 5.21. The van der Waals surface area contributed by atoms with Crippen molar-refractivity contribution in [3.8, 4) is 0 Å². The van der Waals surface area contributed by atoms with Gasteiger partial charge in [0.2, 0.25) is 0 Å². The van der Waals surface area contributed by atoms with Gasteiger partial charge in [-0.25, -0.2) is 4.79 Å². The lowest BCUT2D eigenvalue weighted by atomic mass is 9.77. The minimum absolute atomic E-state index is 0.0278. The fourth-order valence-electron chi connectivity index (χ4n) is 3.77. The average molecular weight is 279 g/mol. The molecule has 3 fully saturated rings. The van der Waals surface area contributed by atoms with E-state index in [9.17, 15) is 9.59 Å². The van der Waals surface area contributed by atoms with E-state index in [-0.39, 0.29) is 11.9 Å². The van der Waals surface area contributed by atoms with Gasteiger partial charge in [-0.3, -0.25) is 9.69 Å². The Morgan fingerprint density at radius 1 is 1.25 bits per heavy atom. The van der Waals surface area contributed by atoms with Crippen LogP contribution >= 0.6 is 0 Å². The van der Waals surface area contributed by atoms with Crippen molar-refractivity contribution in [2.45, 2.75) is 51.0 Å². The first-order chi connectivity index (χ1) is 9.61. The second-order valence-corrected chi connectivity index (χ2v) is 6.82. The number of nitrogens with one attached hydrogen (secondary N) is 2. The molecule has 0 aromatic heterocycles. The summed E-state index contributed by atoms with van der Waals surface area (Å²) < 4.78 is 0. The summed E-state index contributed by atoms with van der Waals surface area (Å²) in [5.41, 5.74) is -0.578. The Kier molecular flexibility index (Phi) is 3.71. The largest absolute Gasteiger partial charge is 0.325 e. The molecule has 3 rings (SSSR count). The molecule has 0 bridgehead atoms. The van der Waals surface area contributed by atoms with Gasteiger partial charge in [0.25, 0.3) is 5.91 Å². The summed E-state index contributed by atoms with van der Waals surface area (Å²) in [4.78, 5) is 26.4. The maximum atomic E-state index is 12.7. The lowest BCUT2D eigenvalue weighted by Crippen LogP contribution is -2.49. The third-order valence-corrected chi connectivity index (χ3v) is 5.21. The number of hydrogen-bond acceptors (Lipinski definition) is 3. The molecule has 1 unspecified atom stereocenters. The molecule has 0 radical (unpaired) electrons. The van der Waals surface area contributed by atoms with E-state index >= 15 is 0 Å². The van der Waals surface area contributed by atoms with Gasteiger partial charge in [-0.15, -0.1) is 0 Å². The molecule has 1 aliphatic carbocycles. The van der Waals surface area contributed by atoms with Crippen LogP contribution in [0.5, 0.6) is 0 Å². The van der Waals surface area contributed by atoms with Gasteiger partial charge in [0.15, 0.2) is 0 Å². The van der Waals surface area contributed by atoms with Crippen molar-refractivity contribution in [3.05, 3.63) is 0 Å². The van der Waals surface area contributed by atoms with Crippen LogP contribution in [0.25, 0.3) is 0 Å². The lowest BCUT2D eigenvalue weighted by Gasteiger charge is -2.34. The molecule has 3 aliphatic rings. The quantitative estimate of drug-likeness (QED) is 0.753. The molecule has 1 saturated carbocycles. The Bertz CT molecular complexity index is 396. The van der Waals surface area contributed by atoms with E-state index in [1.807, 2.05) is 0 Å². The van der Waals surface area contributed by atoms with E-state index in [1.165, 1.54) is 4.90 Å². The minimum atomic E-state index is -0.578. The molecular formula is C15H25N3O2. The highest BCUT2D eigenvalue weighted by molar-refractivity contribution is 6.07. The highest BCUT2D eigenvalue weighted by Crippen LogP contribution is 2.36. The molecule has 3 amide bonds. The molecule has 5 nitrogen and oxygen atoms in total. The van der Waals surface area contributed by atoms with Crippen molar-refractivity contribution in [3.63, 3.8) is 0 Å². The van der Waals surface area contributed by atoms with Crippen molar-refractivity contribution >= 4 is 11.9 Å².